The third-order valence-electron chi connectivity index (χ3n) is 5.31. The first-order valence-corrected chi connectivity index (χ1v) is 8.71. The number of carbonyl (C=O) groups excluding carboxylic acids is 1. The van der Waals surface area contributed by atoms with Crippen molar-refractivity contribution in [3.63, 3.8) is 0 Å². The second kappa shape index (κ2) is 6.59. The maximum absolute atomic E-state index is 12.8. The van der Waals surface area contributed by atoms with Gasteiger partial charge in [-0.05, 0) is 30.2 Å². The maximum Gasteiger partial charge on any atom is 0.326 e. The van der Waals surface area contributed by atoms with Crippen molar-refractivity contribution in [2.24, 2.45) is 5.92 Å². The van der Waals surface area contributed by atoms with Crippen molar-refractivity contribution in [2.45, 2.75) is 24.4 Å². The monoisotopic (exact) mass is 368 g/mol. The zero-order valence-corrected chi connectivity index (χ0v) is 14.8. The van der Waals surface area contributed by atoms with E-state index in [0.29, 0.717) is 12.2 Å². The summed E-state index contributed by atoms with van der Waals surface area (Å²) in [5.41, 5.74) is 0.732. The summed E-state index contributed by atoms with van der Waals surface area (Å²) in [4.78, 5) is 27.8. The van der Waals surface area contributed by atoms with Gasteiger partial charge in [-0.2, -0.15) is 0 Å². The molecule has 140 valence electrons. The fourth-order valence-electron chi connectivity index (χ4n) is 4.05. The first-order chi connectivity index (χ1) is 13.0. The molecule has 0 bridgehead atoms. The number of carbonyl (C=O) groups is 2. The van der Waals surface area contributed by atoms with E-state index in [1.165, 1.54) is 13.4 Å². The van der Waals surface area contributed by atoms with Gasteiger partial charge in [0.05, 0.1) is 25.3 Å². The van der Waals surface area contributed by atoms with Crippen molar-refractivity contribution in [2.75, 3.05) is 7.11 Å². The Kier molecular flexibility index (Phi) is 4.24. The standard InChI is InChI=1S/C20H20N2O5/c1-26-19(25)20(9-12-11-21-15-6-3-2-5-13(12)15)10-14(18(23)24)17(22-20)16-7-4-8-27-16/h2-8,11,14,17,21-22H,9-10H2,1H3,(H,23,24)/t14?,17-,20+/m0/s1. The van der Waals surface area contributed by atoms with Crippen molar-refractivity contribution in [3.8, 4) is 0 Å². The topological polar surface area (TPSA) is 105 Å². The number of methoxy groups -OCH3 is 1. The number of aromatic amines is 1. The number of furan rings is 1. The van der Waals surface area contributed by atoms with Gasteiger partial charge in [-0.25, -0.2) is 0 Å². The summed E-state index contributed by atoms with van der Waals surface area (Å²) in [5, 5.41) is 14.0. The Morgan fingerprint density at radius 1 is 1.30 bits per heavy atom. The van der Waals surface area contributed by atoms with Crippen LogP contribution in [0.5, 0.6) is 0 Å². The molecule has 4 rings (SSSR count). The number of rotatable bonds is 5. The van der Waals surface area contributed by atoms with E-state index in [1.54, 1.807) is 12.1 Å². The van der Waals surface area contributed by atoms with Crippen molar-refractivity contribution < 1.29 is 23.8 Å². The minimum Gasteiger partial charge on any atom is -0.481 e. The minimum atomic E-state index is -1.15. The van der Waals surface area contributed by atoms with Crippen molar-refractivity contribution in [1.82, 2.24) is 10.3 Å². The van der Waals surface area contributed by atoms with E-state index in [2.05, 4.69) is 10.3 Å². The molecule has 0 amide bonds. The number of aromatic nitrogens is 1. The number of hydrogen-bond donors (Lipinski definition) is 3. The lowest BCUT2D eigenvalue weighted by molar-refractivity contribution is -0.148. The highest BCUT2D eigenvalue weighted by Gasteiger charge is 2.54. The molecule has 7 nitrogen and oxygen atoms in total. The first kappa shape index (κ1) is 17.4. The number of benzene rings is 1. The number of carboxylic acids is 1. The molecular formula is C20H20N2O5. The van der Waals surface area contributed by atoms with Crippen molar-refractivity contribution in [1.29, 1.82) is 0 Å². The quantitative estimate of drug-likeness (QED) is 0.598. The predicted octanol–water partition coefficient (Wildman–Crippen LogP) is 2.65. The Bertz CT molecular complexity index is 977. The lowest BCUT2D eigenvalue weighted by Gasteiger charge is -2.27. The Labute approximate surface area is 155 Å². The van der Waals surface area contributed by atoms with Crippen LogP contribution in [0.25, 0.3) is 10.9 Å². The predicted molar refractivity (Wildman–Crippen MR) is 97.1 cm³/mol. The molecule has 3 N–H and O–H groups in total. The van der Waals surface area contributed by atoms with Gasteiger partial charge in [0.25, 0.3) is 0 Å². The molecule has 7 heteroatoms. The van der Waals surface area contributed by atoms with Crippen LogP contribution in [0.4, 0.5) is 0 Å². The van der Waals surface area contributed by atoms with Crippen LogP contribution >= 0.6 is 0 Å². The van der Waals surface area contributed by atoms with Crippen molar-refractivity contribution in [3.05, 3.63) is 60.2 Å². The molecule has 0 spiro atoms. The van der Waals surface area contributed by atoms with Gasteiger partial charge in [0.15, 0.2) is 0 Å². The van der Waals surface area contributed by atoms with Gasteiger partial charge in [0.2, 0.25) is 0 Å². The van der Waals surface area contributed by atoms with E-state index in [4.69, 9.17) is 9.15 Å². The second-order valence-electron chi connectivity index (χ2n) is 6.90. The molecule has 1 aliphatic heterocycles. The second-order valence-corrected chi connectivity index (χ2v) is 6.90. The smallest absolute Gasteiger partial charge is 0.326 e. The summed E-state index contributed by atoms with van der Waals surface area (Å²) in [6, 6.07) is 10.6. The Morgan fingerprint density at radius 3 is 2.81 bits per heavy atom. The zero-order chi connectivity index (χ0) is 19.0. The normalized spacial score (nSPS) is 24.9. The van der Waals surface area contributed by atoms with Crippen LogP contribution in [-0.2, 0) is 20.7 Å². The molecule has 3 aromatic rings. The number of H-pyrrole nitrogens is 1. The summed E-state index contributed by atoms with van der Waals surface area (Å²) in [7, 11) is 1.32. The van der Waals surface area contributed by atoms with E-state index in [-0.39, 0.29) is 6.42 Å². The molecule has 0 radical (unpaired) electrons. The van der Waals surface area contributed by atoms with Gasteiger partial charge < -0.3 is 19.2 Å². The summed E-state index contributed by atoms with van der Waals surface area (Å²) in [6.45, 7) is 0. The molecule has 0 aliphatic carbocycles. The number of carboxylic acid groups (broad SMARTS) is 1. The van der Waals surface area contributed by atoms with E-state index < -0.39 is 29.4 Å². The fourth-order valence-corrected chi connectivity index (χ4v) is 4.05. The number of aliphatic carboxylic acids is 1. The van der Waals surface area contributed by atoms with Crippen LogP contribution in [0.1, 0.15) is 23.8 Å². The fraction of sp³-hybridized carbons (Fsp3) is 0.300. The number of hydrogen-bond acceptors (Lipinski definition) is 5. The van der Waals surface area contributed by atoms with Gasteiger partial charge in [-0.15, -0.1) is 0 Å². The van der Waals surface area contributed by atoms with Crippen LogP contribution < -0.4 is 5.32 Å². The number of fused-ring (bicyclic) bond motifs is 1. The van der Waals surface area contributed by atoms with Gasteiger partial charge >= 0.3 is 11.9 Å². The average Bonchev–Trinajstić information content (AvgIpc) is 3.40. The Hall–Kier alpha value is -3.06. The number of para-hydroxylation sites is 1. The average molecular weight is 368 g/mol. The molecule has 3 heterocycles. The summed E-state index contributed by atoms with van der Waals surface area (Å²) in [6.07, 6.45) is 3.77. The maximum atomic E-state index is 12.8. The summed E-state index contributed by atoms with van der Waals surface area (Å²) >= 11 is 0. The lowest BCUT2D eigenvalue weighted by atomic mass is 9.85. The van der Waals surface area contributed by atoms with Gasteiger partial charge in [-0.3, -0.25) is 14.9 Å². The van der Waals surface area contributed by atoms with Crippen LogP contribution in [0.15, 0.2) is 53.3 Å². The molecule has 1 aliphatic rings. The molecule has 1 aromatic carbocycles. The third-order valence-corrected chi connectivity index (χ3v) is 5.31. The SMILES string of the molecule is COC(=O)[C@@]1(Cc2c[nH]c3ccccc23)CC(C(=O)O)[C@@H](c2ccco2)N1. The van der Waals surface area contributed by atoms with Crippen LogP contribution in [0, 0.1) is 5.92 Å². The highest BCUT2D eigenvalue weighted by Crippen LogP contribution is 2.41. The zero-order valence-electron chi connectivity index (χ0n) is 14.8. The van der Waals surface area contributed by atoms with Crippen molar-refractivity contribution >= 4 is 22.8 Å². The molecule has 1 fully saturated rings. The lowest BCUT2D eigenvalue weighted by Crippen LogP contribution is -2.50. The minimum absolute atomic E-state index is 0.111. The largest absolute Gasteiger partial charge is 0.481 e. The number of nitrogens with one attached hydrogen (secondary N) is 2. The van der Waals surface area contributed by atoms with E-state index in [9.17, 15) is 14.7 Å². The molecule has 3 atom stereocenters. The van der Waals surface area contributed by atoms with E-state index in [1.807, 2.05) is 30.5 Å². The van der Waals surface area contributed by atoms with Crippen LogP contribution in [0.2, 0.25) is 0 Å². The Morgan fingerprint density at radius 2 is 2.11 bits per heavy atom. The third kappa shape index (κ3) is 2.90. The van der Waals surface area contributed by atoms with Gasteiger partial charge in [-0.1, -0.05) is 18.2 Å². The van der Waals surface area contributed by atoms with E-state index in [0.717, 1.165) is 16.5 Å². The number of ether oxygens (including phenoxy) is 1. The molecule has 1 unspecified atom stereocenters. The first-order valence-electron chi connectivity index (χ1n) is 8.71. The summed E-state index contributed by atoms with van der Waals surface area (Å²) in [5.74, 6) is -1.77. The highest BCUT2D eigenvalue weighted by atomic mass is 16.5. The highest BCUT2D eigenvalue weighted by molar-refractivity contribution is 5.87. The number of esters is 1. The Balaban J connectivity index is 1.75. The molecular weight excluding hydrogens is 348 g/mol. The van der Waals surface area contributed by atoms with Gasteiger partial charge in [0.1, 0.15) is 11.3 Å². The van der Waals surface area contributed by atoms with Crippen LogP contribution in [-0.4, -0.2) is 34.7 Å². The van der Waals surface area contributed by atoms with Crippen LogP contribution in [0.3, 0.4) is 0 Å². The van der Waals surface area contributed by atoms with Gasteiger partial charge in [0, 0.05) is 23.5 Å². The molecule has 27 heavy (non-hydrogen) atoms. The molecule has 0 saturated carbocycles. The molecule has 2 aromatic heterocycles. The summed E-state index contributed by atoms with van der Waals surface area (Å²) < 4.78 is 10.5. The molecule has 1 saturated heterocycles. The van der Waals surface area contributed by atoms with E-state index >= 15 is 0 Å².